The van der Waals surface area contributed by atoms with E-state index in [1.165, 1.54) is 11.3 Å². The lowest BCUT2D eigenvalue weighted by molar-refractivity contribution is 0.0789. The SMILES string of the molecule is O=C(c1cc(Br)c(Br)s1)N1CCC(CCO)C1. The maximum absolute atomic E-state index is 12.2. The third-order valence-electron chi connectivity index (χ3n) is 2.97. The van der Waals surface area contributed by atoms with Crippen LogP contribution in [-0.4, -0.2) is 35.6 Å². The van der Waals surface area contributed by atoms with E-state index in [0.29, 0.717) is 5.92 Å². The smallest absolute Gasteiger partial charge is 0.264 e. The third kappa shape index (κ3) is 3.10. The predicted octanol–water partition coefficient (Wildman–Crippen LogP) is 3.12. The molecule has 1 fully saturated rings. The van der Waals surface area contributed by atoms with Crippen LogP contribution in [0.4, 0.5) is 0 Å². The van der Waals surface area contributed by atoms with E-state index in [9.17, 15) is 4.79 Å². The van der Waals surface area contributed by atoms with Gasteiger partial charge in [-0.25, -0.2) is 0 Å². The van der Waals surface area contributed by atoms with Crippen LogP contribution in [0.3, 0.4) is 0 Å². The van der Waals surface area contributed by atoms with Crippen molar-refractivity contribution < 1.29 is 9.90 Å². The molecule has 1 saturated heterocycles. The lowest BCUT2D eigenvalue weighted by Gasteiger charge is -2.15. The molecule has 94 valence electrons. The van der Waals surface area contributed by atoms with Crippen molar-refractivity contribution in [3.05, 3.63) is 19.2 Å². The number of aliphatic hydroxyl groups is 1. The molecule has 1 N–H and O–H groups in total. The normalized spacial score (nSPS) is 19.9. The van der Waals surface area contributed by atoms with E-state index in [1.54, 1.807) is 0 Å². The lowest BCUT2D eigenvalue weighted by Crippen LogP contribution is -2.28. The Morgan fingerprint density at radius 3 is 2.94 bits per heavy atom. The summed E-state index contributed by atoms with van der Waals surface area (Å²) in [5, 5.41) is 8.89. The van der Waals surface area contributed by atoms with Gasteiger partial charge in [-0.1, -0.05) is 0 Å². The number of likely N-dealkylation sites (tertiary alicyclic amines) is 1. The first kappa shape index (κ1) is 13.5. The Kier molecular flexibility index (Phi) is 4.63. The van der Waals surface area contributed by atoms with Gasteiger partial charge < -0.3 is 10.0 Å². The second-order valence-corrected chi connectivity index (χ2v) is 7.37. The zero-order chi connectivity index (χ0) is 12.4. The average molecular weight is 383 g/mol. The molecule has 1 unspecified atom stereocenters. The molecule has 2 rings (SSSR count). The van der Waals surface area contributed by atoms with Crippen LogP contribution in [0.1, 0.15) is 22.5 Å². The monoisotopic (exact) mass is 381 g/mol. The Hall–Kier alpha value is 0.0900. The van der Waals surface area contributed by atoms with Gasteiger partial charge in [0.1, 0.15) is 0 Å². The van der Waals surface area contributed by atoms with Crippen molar-refractivity contribution in [1.82, 2.24) is 4.90 Å². The zero-order valence-corrected chi connectivity index (χ0v) is 13.1. The number of rotatable bonds is 3. The predicted molar refractivity (Wildman–Crippen MR) is 75.4 cm³/mol. The van der Waals surface area contributed by atoms with E-state index < -0.39 is 0 Å². The van der Waals surface area contributed by atoms with E-state index in [0.717, 1.165) is 39.1 Å². The molecule has 0 spiro atoms. The number of amides is 1. The molecule has 6 heteroatoms. The third-order valence-corrected chi connectivity index (χ3v) is 6.21. The van der Waals surface area contributed by atoms with E-state index in [2.05, 4.69) is 31.9 Å². The summed E-state index contributed by atoms with van der Waals surface area (Å²) < 4.78 is 1.88. The molecule has 1 aliphatic rings. The summed E-state index contributed by atoms with van der Waals surface area (Å²) in [6.07, 6.45) is 1.79. The van der Waals surface area contributed by atoms with Gasteiger partial charge in [-0.3, -0.25) is 4.79 Å². The van der Waals surface area contributed by atoms with Crippen molar-refractivity contribution in [2.45, 2.75) is 12.8 Å². The molecular formula is C11H13Br2NO2S. The minimum atomic E-state index is 0.0989. The Morgan fingerprint density at radius 2 is 2.35 bits per heavy atom. The number of nitrogens with zero attached hydrogens (tertiary/aromatic N) is 1. The van der Waals surface area contributed by atoms with Gasteiger partial charge in [-0.2, -0.15) is 0 Å². The molecule has 1 aromatic rings. The Labute approximate surface area is 121 Å². The second-order valence-electron chi connectivity index (χ2n) is 4.15. The minimum absolute atomic E-state index is 0.0989. The van der Waals surface area contributed by atoms with E-state index in [4.69, 9.17) is 5.11 Å². The summed E-state index contributed by atoms with van der Waals surface area (Å²) in [7, 11) is 0. The van der Waals surface area contributed by atoms with Crippen LogP contribution < -0.4 is 0 Å². The minimum Gasteiger partial charge on any atom is -0.396 e. The highest BCUT2D eigenvalue weighted by Gasteiger charge is 2.27. The highest BCUT2D eigenvalue weighted by molar-refractivity contribution is 9.13. The summed E-state index contributed by atoms with van der Waals surface area (Å²) in [6, 6.07) is 1.86. The van der Waals surface area contributed by atoms with Gasteiger partial charge in [0.25, 0.3) is 5.91 Å². The van der Waals surface area contributed by atoms with Gasteiger partial charge in [-0.05, 0) is 56.7 Å². The van der Waals surface area contributed by atoms with Gasteiger partial charge >= 0.3 is 0 Å². The number of aliphatic hydroxyl groups excluding tert-OH is 1. The van der Waals surface area contributed by atoms with Crippen molar-refractivity contribution in [3.8, 4) is 0 Å². The summed E-state index contributed by atoms with van der Waals surface area (Å²) in [5.74, 6) is 0.553. The van der Waals surface area contributed by atoms with Gasteiger partial charge in [0, 0.05) is 24.2 Å². The summed E-state index contributed by atoms with van der Waals surface area (Å²) >= 11 is 8.24. The highest BCUT2D eigenvalue weighted by Crippen LogP contribution is 2.33. The van der Waals surface area contributed by atoms with Gasteiger partial charge in [0.15, 0.2) is 0 Å². The Balaban J connectivity index is 2.02. The van der Waals surface area contributed by atoms with E-state index >= 15 is 0 Å². The van der Waals surface area contributed by atoms with E-state index in [1.807, 2.05) is 11.0 Å². The number of hydrogen-bond donors (Lipinski definition) is 1. The first-order valence-corrected chi connectivity index (χ1v) is 7.87. The molecule has 0 saturated carbocycles. The molecule has 1 aromatic heterocycles. The highest BCUT2D eigenvalue weighted by atomic mass is 79.9. The van der Waals surface area contributed by atoms with E-state index in [-0.39, 0.29) is 12.5 Å². The zero-order valence-electron chi connectivity index (χ0n) is 9.16. The van der Waals surface area contributed by atoms with Gasteiger partial charge in [-0.15, -0.1) is 11.3 Å². The molecule has 1 aliphatic heterocycles. The number of halogens is 2. The fraction of sp³-hybridized carbons (Fsp3) is 0.545. The summed E-state index contributed by atoms with van der Waals surface area (Å²) in [4.78, 5) is 14.8. The molecule has 1 amide bonds. The number of thiophene rings is 1. The van der Waals surface area contributed by atoms with Crippen molar-refractivity contribution in [2.24, 2.45) is 5.92 Å². The lowest BCUT2D eigenvalue weighted by atomic mass is 10.1. The van der Waals surface area contributed by atoms with Crippen LogP contribution in [0.2, 0.25) is 0 Å². The van der Waals surface area contributed by atoms with Crippen LogP contribution in [0, 0.1) is 5.92 Å². The van der Waals surface area contributed by atoms with Crippen molar-refractivity contribution in [1.29, 1.82) is 0 Å². The summed E-state index contributed by atoms with van der Waals surface area (Å²) in [5.41, 5.74) is 0. The molecule has 17 heavy (non-hydrogen) atoms. The molecule has 0 bridgehead atoms. The average Bonchev–Trinajstić information content (AvgIpc) is 2.87. The maximum atomic E-state index is 12.2. The number of carbonyl (C=O) groups excluding carboxylic acids is 1. The fourth-order valence-corrected chi connectivity index (χ4v) is 4.05. The standard InChI is InChI=1S/C11H13Br2NO2S/c12-8-5-9(17-10(8)13)11(16)14-3-1-7(6-14)2-4-15/h5,7,15H,1-4,6H2. The first-order chi connectivity index (χ1) is 8.11. The second kappa shape index (κ2) is 5.82. The van der Waals surface area contributed by atoms with Gasteiger partial charge in [0.2, 0.25) is 0 Å². The molecule has 0 radical (unpaired) electrons. The van der Waals surface area contributed by atoms with Crippen molar-refractivity contribution in [2.75, 3.05) is 19.7 Å². The number of carbonyl (C=O) groups is 1. The largest absolute Gasteiger partial charge is 0.396 e. The molecule has 0 aromatic carbocycles. The first-order valence-electron chi connectivity index (χ1n) is 5.46. The molecule has 0 aliphatic carbocycles. The molecular weight excluding hydrogens is 370 g/mol. The Morgan fingerprint density at radius 1 is 1.59 bits per heavy atom. The maximum Gasteiger partial charge on any atom is 0.264 e. The molecule has 3 nitrogen and oxygen atoms in total. The van der Waals surface area contributed by atoms with Gasteiger partial charge in [0.05, 0.1) is 8.66 Å². The van der Waals surface area contributed by atoms with Crippen LogP contribution in [0.5, 0.6) is 0 Å². The van der Waals surface area contributed by atoms with Crippen LogP contribution in [-0.2, 0) is 0 Å². The fourth-order valence-electron chi connectivity index (χ4n) is 2.04. The quantitative estimate of drug-likeness (QED) is 0.872. The number of hydrogen-bond acceptors (Lipinski definition) is 3. The van der Waals surface area contributed by atoms with Crippen molar-refractivity contribution >= 4 is 49.1 Å². The van der Waals surface area contributed by atoms with Crippen molar-refractivity contribution in [3.63, 3.8) is 0 Å². The van der Waals surface area contributed by atoms with Crippen LogP contribution >= 0.6 is 43.2 Å². The van der Waals surface area contributed by atoms with Crippen LogP contribution in [0.25, 0.3) is 0 Å². The Bertz CT molecular complexity index is 402. The van der Waals surface area contributed by atoms with Crippen LogP contribution in [0.15, 0.2) is 14.3 Å². The summed E-state index contributed by atoms with van der Waals surface area (Å²) in [6.45, 7) is 1.78. The molecule has 2 heterocycles. The molecule has 1 atom stereocenters. The topological polar surface area (TPSA) is 40.5 Å².